The molecule has 26 heavy (non-hydrogen) atoms. The van der Waals surface area contributed by atoms with Gasteiger partial charge in [-0.15, -0.1) is 0 Å². The zero-order chi connectivity index (χ0) is 19.2. The summed E-state index contributed by atoms with van der Waals surface area (Å²) in [5, 5.41) is 3.29. The molecule has 0 aliphatic rings. The van der Waals surface area contributed by atoms with Gasteiger partial charge in [-0.25, -0.2) is 8.42 Å². The molecule has 0 atom stereocenters. The summed E-state index contributed by atoms with van der Waals surface area (Å²) >= 11 is 0. The van der Waals surface area contributed by atoms with Crippen molar-refractivity contribution in [2.45, 2.75) is 24.8 Å². The average molecular weight is 378 g/mol. The van der Waals surface area contributed by atoms with Crippen LogP contribution in [0.3, 0.4) is 0 Å². The predicted molar refractivity (Wildman–Crippen MR) is 107 cm³/mol. The first kappa shape index (κ1) is 20.1. The smallest absolute Gasteiger partial charge is 0.261 e. The number of rotatable bonds is 9. The van der Waals surface area contributed by atoms with Crippen molar-refractivity contribution in [3.05, 3.63) is 48.5 Å². The highest BCUT2D eigenvalue weighted by atomic mass is 32.2. The summed E-state index contributed by atoms with van der Waals surface area (Å²) in [6, 6.07) is 13.6. The minimum atomic E-state index is -3.63. The number of hydrogen-bond donors (Lipinski definition) is 2. The van der Waals surface area contributed by atoms with E-state index in [0.29, 0.717) is 11.4 Å². The van der Waals surface area contributed by atoms with E-state index < -0.39 is 10.0 Å². The maximum Gasteiger partial charge on any atom is 0.261 e. The van der Waals surface area contributed by atoms with Crippen LogP contribution in [-0.2, 0) is 10.0 Å². The molecule has 0 aliphatic carbocycles. The number of nitrogens with zero attached hydrogens (tertiary/aromatic N) is 1. The van der Waals surface area contributed by atoms with E-state index in [2.05, 4.69) is 14.9 Å². The number of likely N-dealkylation sites (N-methyl/N-ethyl adjacent to an activating group) is 1. The van der Waals surface area contributed by atoms with Crippen molar-refractivity contribution in [3.63, 3.8) is 0 Å². The van der Waals surface area contributed by atoms with Gasteiger partial charge in [-0.3, -0.25) is 4.72 Å². The van der Waals surface area contributed by atoms with Gasteiger partial charge in [0.1, 0.15) is 5.75 Å². The molecule has 0 aliphatic heterocycles. The lowest BCUT2D eigenvalue weighted by molar-refractivity contribution is 0.242. The van der Waals surface area contributed by atoms with Gasteiger partial charge in [-0.1, -0.05) is 0 Å². The van der Waals surface area contributed by atoms with E-state index in [1.54, 1.807) is 24.3 Å². The van der Waals surface area contributed by atoms with Crippen molar-refractivity contribution in [2.75, 3.05) is 37.2 Å². The van der Waals surface area contributed by atoms with Gasteiger partial charge < -0.3 is 15.0 Å². The van der Waals surface area contributed by atoms with Gasteiger partial charge in [0.25, 0.3) is 10.0 Å². The zero-order valence-corrected chi connectivity index (χ0v) is 16.5. The quantitative estimate of drug-likeness (QED) is 0.702. The molecule has 0 heterocycles. The van der Waals surface area contributed by atoms with Gasteiger partial charge >= 0.3 is 0 Å². The number of sulfonamides is 1. The van der Waals surface area contributed by atoms with Crippen LogP contribution < -0.4 is 14.8 Å². The minimum absolute atomic E-state index is 0.0421. The summed E-state index contributed by atoms with van der Waals surface area (Å²) < 4.78 is 33.1. The van der Waals surface area contributed by atoms with Gasteiger partial charge in [-0.05, 0) is 76.5 Å². The van der Waals surface area contributed by atoms with Gasteiger partial charge in [-0.2, -0.15) is 0 Å². The molecule has 0 saturated carbocycles. The van der Waals surface area contributed by atoms with Crippen molar-refractivity contribution in [1.82, 2.24) is 4.90 Å². The van der Waals surface area contributed by atoms with Crippen molar-refractivity contribution in [2.24, 2.45) is 0 Å². The first-order valence-electron chi connectivity index (χ1n) is 8.54. The van der Waals surface area contributed by atoms with Crippen LogP contribution in [0.4, 0.5) is 11.4 Å². The molecule has 0 fully saturated rings. The Balaban J connectivity index is 2.00. The van der Waals surface area contributed by atoms with E-state index >= 15 is 0 Å². The van der Waals surface area contributed by atoms with Crippen LogP contribution in [0.2, 0.25) is 0 Å². The first-order valence-corrected chi connectivity index (χ1v) is 10.0. The molecular weight excluding hydrogens is 350 g/mol. The van der Waals surface area contributed by atoms with Crippen LogP contribution >= 0.6 is 0 Å². The Morgan fingerprint density at radius 3 is 2.08 bits per heavy atom. The summed E-state index contributed by atoms with van der Waals surface area (Å²) in [5.74, 6) is 0.645. The van der Waals surface area contributed by atoms with Gasteiger partial charge in [0.05, 0.1) is 11.0 Å². The van der Waals surface area contributed by atoms with Crippen molar-refractivity contribution in [1.29, 1.82) is 0 Å². The molecule has 0 unspecified atom stereocenters. The lowest BCUT2D eigenvalue weighted by Crippen LogP contribution is -2.20. The average Bonchev–Trinajstić information content (AvgIpc) is 2.56. The highest BCUT2D eigenvalue weighted by Gasteiger charge is 2.14. The fraction of sp³-hybridized carbons (Fsp3) is 0.368. The molecule has 0 radical (unpaired) electrons. The van der Waals surface area contributed by atoms with E-state index in [1.807, 2.05) is 40.1 Å². The fourth-order valence-electron chi connectivity index (χ4n) is 2.26. The Hall–Kier alpha value is -2.25. The molecule has 2 aromatic carbocycles. The highest BCUT2D eigenvalue weighted by Crippen LogP contribution is 2.21. The summed E-state index contributed by atoms with van der Waals surface area (Å²) in [6.45, 7) is 5.59. The Morgan fingerprint density at radius 1 is 0.962 bits per heavy atom. The maximum absolute atomic E-state index is 12.5. The topological polar surface area (TPSA) is 70.7 Å². The largest absolute Gasteiger partial charge is 0.491 e. The van der Waals surface area contributed by atoms with E-state index in [1.165, 1.54) is 12.1 Å². The third kappa shape index (κ3) is 6.24. The molecule has 0 saturated heterocycles. The van der Waals surface area contributed by atoms with Crippen LogP contribution in [0.1, 0.15) is 13.8 Å². The monoisotopic (exact) mass is 377 g/mol. The predicted octanol–water partition coefficient (Wildman–Crippen LogP) is 3.25. The van der Waals surface area contributed by atoms with Crippen molar-refractivity contribution in [3.8, 4) is 5.75 Å². The lowest BCUT2D eigenvalue weighted by Gasteiger charge is -2.13. The van der Waals surface area contributed by atoms with Gasteiger partial charge in [0, 0.05) is 24.5 Å². The second-order valence-electron chi connectivity index (χ2n) is 6.55. The lowest BCUT2D eigenvalue weighted by atomic mass is 10.3. The maximum atomic E-state index is 12.5. The summed E-state index contributed by atoms with van der Waals surface area (Å²) in [5.41, 5.74) is 1.47. The second kappa shape index (κ2) is 8.91. The number of anilines is 2. The Kier molecular flexibility index (Phi) is 6.88. The molecule has 142 valence electrons. The van der Waals surface area contributed by atoms with E-state index in [0.717, 1.165) is 18.8 Å². The Bertz CT molecular complexity index is 786. The van der Waals surface area contributed by atoms with Crippen LogP contribution in [-0.4, -0.2) is 46.6 Å². The standard InChI is InChI=1S/C19H27N3O3S/c1-15(2)25-18-9-11-19(12-10-18)26(23,24)21-17-7-5-16(6-8-17)20-13-14-22(3)4/h5-12,15,20-21H,13-14H2,1-4H3. The number of hydrogen-bond acceptors (Lipinski definition) is 5. The number of ether oxygens (including phenoxy) is 1. The van der Waals surface area contributed by atoms with Crippen molar-refractivity contribution >= 4 is 21.4 Å². The molecule has 0 aromatic heterocycles. The fourth-order valence-corrected chi connectivity index (χ4v) is 3.32. The molecule has 0 spiro atoms. The molecule has 6 nitrogen and oxygen atoms in total. The van der Waals surface area contributed by atoms with Crippen LogP contribution in [0, 0.1) is 0 Å². The molecular formula is C19H27N3O3S. The molecule has 0 bridgehead atoms. The number of nitrogens with one attached hydrogen (secondary N) is 2. The van der Waals surface area contributed by atoms with E-state index in [9.17, 15) is 8.42 Å². The van der Waals surface area contributed by atoms with Gasteiger partial charge in [0.15, 0.2) is 0 Å². The molecule has 0 amide bonds. The third-order valence-corrected chi connectivity index (χ3v) is 4.93. The zero-order valence-electron chi connectivity index (χ0n) is 15.7. The molecule has 2 aromatic rings. The molecule has 2 N–H and O–H groups in total. The SMILES string of the molecule is CC(C)Oc1ccc(S(=O)(=O)Nc2ccc(NCCN(C)C)cc2)cc1. The van der Waals surface area contributed by atoms with Crippen molar-refractivity contribution < 1.29 is 13.2 Å². The Morgan fingerprint density at radius 2 is 1.54 bits per heavy atom. The third-order valence-electron chi connectivity index (χ3n) is 3.53. The van der Waals surface area contributed by atoms with Crippen LogP contribution in [0.25, 0.3) is 0 Å². The summed E-state index contributed by atoms with van der Waals surface area (Å²) in [4.78, 5) is 2.29. The van der Waals surface area contributed by atoms with E-state index in [4.69, 9.17) is 4.74 Å². The molecule has 7 heteroatoms. The van der Waals surface area contributed by atoms with Crippen LogP contribution in [0.5, 0.6) is 5.75 Å². The normalized spacial score (nSPS) is 11.6. The molecule has 2 rings (SSSR count). The Labute approximate surface area is 156 Å². The number of benzene rings is 2. The van der Waals surface area contributed by atoms with Crippen LogP contribution in [0.15, 0.2) is 53.4 Å². The highest BCUT2D eigenvalue weighted by molar-refractivity contribution is 7.92. The first-order chi connectivity index (χ1) is 12.3. The summed E-state index contributed by atoms with van der Waals surface area (Å²) in [7, 11) is 0.398. The van der Waals surface area contributed by atoms with Gasteiger partial charge in [0.2, 0.25) is 0 Å². The van der Waals surface area contributed by atoms with E-state index in [-0.39, 0.29) is 11.0 Å². The second-order valence-corrected chi connectivity index (χ2v) is 8.23. The summed E-state index contributed by atoms with van der Waals surface area (Å²) in [6.07, 6.45) is 0.0421. The minimum Gasteiger partial charge on any atom is -0.491 e.